The van der Waals surface area contributed by atoms with Crippen LogP contribution in [0.2, 0.25) is 0 Å². The summed E-state index contributed by atoms with van der Waals surface area (Å²) in [5, 5.41) is 10.8. The van der Waals surface area contributed by atoms with Crippen molar-refractivity contribution in [3.05, 3.63) is 193 Å². The lowest BCUT2D eigenvalue weighted by atomic mass is 9.82. The number of rotatable bonds is 10. The largest absolute Gasteiger partial charge is 0.483 e. The van der Waals surface area contributed by atoms with Gasteiger partial charge >= 0.3 is 17.6 Å². The number of aliphatic hydroxyl groups excluding tert-OH is 1. The van der Waals surface area contributed by atoms with Gasteiger partial charge in [0.15, 0.2) is 12.2 Å². The minimum Gasteiger partial charge on any atom is -0.483 e. The van der Waals surface area contributed by atoms with E-state index in [2.05, 4.69) is 84.9 Å². The number of aliphatic hydroxyl groups is 1. The molecule has 324 valence electrons. The topological polar surface area (TPSA) is 112 Å². The Morgan fingerprint density at radius 3 is 2.14 bits per heavy atom. The zero-order valence-electron chi connectivity index (χ0n) is 36.4. The van der Waals surface area contributed by atoms with Crippen molar-refractivity contribution in [1.29, 1.82) is 0 Å². The number of carbonyl (C=O) groups excluding carboxylic acids is 2. The number of allylic oxidation sites excluding steroid dienone is 1. The highest BCUT2D eigenvalue weighted by atomic mass is 16.6. The second-order valence-corrected chi connectivity index (χ2v) is 17.7. The van der Waals surface area contributed by atoms with Crippen LogP contribution in [-0.2, 0) is 57.8 Å². The van der Waals surface area contributed by atoms with Crippen LogP contribution in [0.1, 0.15) is 103 Å². The Kier molecular flexibility index (Phi) is 13.4. The third kappa shape index (κ3) is 10.3. The maximum Gasteiger partial charge on any atom is 0.336 e. The third-order valence-electron chi connectivity index (χ3n) is 12.7. The molecule has 0 aliphatic carbocycles. The van der Waals surface area contributed by atoms with Gasteiger partial charge in [0.25, 0.3) is 0 Å². The molecule has 3 aliphatic heterocycles. The molecular formula is C55H56O8. The lowest BCUT2D eigenvalue weighted by Gasteiger charge is -2.45. The van der Waals surface area contributed by atoms with Gasteiger partial charge in [-0.2, -0.15) is 0 Å². The van der Waals surface area contributed by atoms with Crippen LogP contribution >= 0.6 is 0 Å². The molecule has 1 aromatic heterocycles. The van der Waals surface area contributed by atoms with Crippen LogP contribution in [0.3, 0.4) is 0 Å². The predicted octanol–water partition coefficient (Wildman–Crippen LogP) is 10.7. The summed E-state index contributed by atoms with van der Waals surface area (Å²) in [5.41, 5.74) is 7.37. The van der Waals surface area contributed by atoms with Crippen molar-refractivity contribution in [3.63, 3.8) is 0 Å². The van der Waals surface area contributed by atoms with Crippen LogP contribution in [0.4, 0.5) is 0 Å². The summed E-state index contributed by atoms with van der Waals surface area (Å²) in [7, 11) is 0. The molecule has 9 rings (SSSR count). The molecule has 1 N–H and O–H groups in total. The molecule has 0 amide bonds. The van der Waals surface area contributed by atoms with E-state index in [4.69, 9.17) is 18.6 Å². The number of fused-ring (bicyclic) bond motifs is 13. The van der Waals surface area contributed by atoms with Gasteiger partial charge in [0, 0.05) is 23.4 Å². The first-order chi connectivity index (χ1) is 30.5. The molecule has 3 aliphatic rings. The van der Waals surface area contributed by atoms with Crippen molar-refractivity contribution < 1.29 is 33.3 Å². The molecule has 6 aromatic rings. The summed E-state index contributed by atoms with van der Waals surface area (Å²) >= 11 is 0. The SMILES string of the molecule is CC(C)=C1CCc2ccc(cc2)C[C@H](CCc2cccc(Cc3ccccc3)c2)CC(=O)O[C@@H]2c3c(ccc4c(CO)cc(=O)oc34)O[C@@](C)(CCCc3ccccc3)[C@H]2OC1=O. The maximum absolute atomic E-state index is 14.7. The molecule has 0 radical (unpaired) electrons. The second kappa shape index (κ2) is 19.4. The van der Waals surface area contributed by atoms with Crippen LogP contribution in [0, 0.1) is 5.92 Å². The third-order valence-corrected chi connectivity index (χ3v) is 12.7. The molecule has 0 saturated heterocycles. The van der Waals surface area contributed by atoms with Crippen molar-refractivity contribution in [3.8, 4) is 5.75 Å². The summed E-state index contributed by atoms with van der Waals surface area (Å²) in [4.78, 5) is 42.3. The van der Waals surface area contributed by atoms with Gasteiger partial charge in [-0.1, -0.05) is 115 Å². The van der Waals surface area contributed by atoms with Crippen LogP contribution in [0.25, 0.3) is 11.0 Å². The zero-order chi connectivity index (χ0) is 43.9. The fourth-order valence-electron chi connectivity index (χ4n) is 9.34. The molecule has 63 heavy (non-hydrogen) atoms. The van der Waals surface area contributed by atoms with Gasteiger partial charge < -0.3 is 23.7 Å². The summed E-state index contributed by atoms with van der Waals surface area (Å²) < 4.78 is 26.1. The molecule has 0 saturated carbocycles. The van der Waals surface area contributed by atoms with Gasteiger partial charge in [-0.15, -0.1) is 0 Å². The van der Waals surface area contributed by atoms with E-state index in [-0.39, 0.29) is 17.9 Å². The average Bonchev–Trinajstić information content (AvgIpc) is 3.27. The molecule has 0 fully saturated rings. The lowest BCUT2D eigenvalue weighted by Crippen LogP contribution is -2.54. The van der Waals surface area contributed by atoms with Gasteiger partial charge in [0.05, 0.1) is 12.2 Å². The van der Waals surface area contributed by atoms with Gasteiger partial charge in [-0.25, -0.2) is 9.59 Å². The highest BCUT2D eigenvalue weighted by Gasteiger charge is 2.52. The van der Waals surface area contributed by atoms with Crippen LogP contribution in [0.5, 0.6) is 5.75 Å². The van der Waals surface area contributed by atoms with Crippen LogP contribution < -0.4 is 10.4 Å². The average molecular weight is 845 g/mol. The number of aryl methyl sites for hydroxylation is 3. The number of esters is 2. The second-order valence-electron chi connectivity index (χ2n) is 17.7. The maximum atomic E-state index is 14.7. The number of benzene rings is 5. The van der Waals surface area contributed by atoms with Crippen molar-refractivity contribution in [1.82, 2.24) is 0 Å². The van der Waals surface area contributed by atoms with Crippen molar-refractivity contribution >= 4 is 22.9 Å². The molecule has 8 heteroatoms. The quantitative estimate of drug-likeness (QED) is 0.0824. The Labute approximate surface area is 369 Å². The Hall–Kier alpha value is -6.25. The Bertz CT molecular complexity index is 2640. The van der Waals surface area contributed by atoms with Gasteiger partial charge in [0.2, 0.25) is 0 Å². The minimum atomic E-state index is -1.20. The van der Waals surface area contributed by atoms with Gasteiger partial charge in [0.1, 0.15) is 16.9 Å². The van der Waals surface area contributed by atoms with Crippen molar-refractivity contribution in [2.24, 2.45) is 5.92 Å². The molecular weight excluding hydrogens is 789 g/mol. The van der Waals surface area contributed by atoms with E-state index in [1.54, 1.807) is 12.1 Å². The summed E-state index contributed by atoms with van der Waals surface area (Å²) in [6.07, 6.45) is 3.73. The number of hydrogen-bond acceptors (Lipinski definition) is 8. The zero-order valence-corrected chi connectivity index (χ0v) is 36.4. The lowest BCUT2D eigenvalue weighted by molar-refractivity contribution is -0.192. The summed E-state index contributed by atoms with van der Waals surface area (Å²) in [5.74, 6) is -0.713. The predicted molar refractivity (Wildman–Crippen MR) is 244 cm³/mol. The first-order valence-corrected chi connectivity index (χ1v) is 22.2. The molecule has 8 nitrogen and oxygen atoms in total. The standard InChI is InChI=1S/C55H56O8/c1-36(2)45-26-25-38-19-21-41(22-20-38)32-43(24-23-40-16-10-17-42(31-40)30-39-14-8-5-9-15-39)33-48(57)61-52-50-47(28-27-46-44(35-56)34-49(58)60-51(46)50)63-55(3,53(52)62-54(45)59)29-11-18-37-12-6-4-7-13-37/h4-10,12-17,19-22,27-28,31,34,43,52-53,56H,11,18,23-26,29-30,32-33,35H2,1-3H3/t43-,52+,53-,55-/m0/s1. The van der Waals surface area contributed by atoms with Gasteiger partial charge in [-0.05, 0) is 136 Å². The highest BCUT2D eigenvalue weighted by Crippen LogP contribution is 2.49. The highest BCUT2D eigenvalue weighted by molar-refractivity contribution is 5.90. The van der Waals surface area contributed by atoms with E-state index < -0.39 is 42.0 Å². The molecule has 0 unspecified atom stereocenters. The Balaban J connectivity index is 1.18. The van der Waals surface area contributed by atoms with E-state index in [0.29, 0.717) is 59.9 Å². The molecule has 4 atom stereocenters. The van der Waals surface area contributed by atoms with Crippen LogP contribution in [0.15, 0.2) is 148 Å². The molecule has 4 heterocycles. The Morgan fingerprint density at radius 2 is 1.41 bits per heavy atom. The smallest absolute Gasteiger partial charge is 0.336 e. The number of ether oxygens (including phenoxy) is 3. The van der Waals surface area contributed by atoms with Crippen LogP contribution in [-0.4, -0.2) is 28.8 Å². The molecule has 5 aromatic carbocycles. The van der Waals surface area contributed by atoms with Gasteiger partial charge in [-0.3, -0.25) is 4.79 Å². The number of hydrogen-bond donors (Lipinski definition) is 1. The van der Waals surface area contributed by atoms with Crippen molar-refractivity contribution in [2.75, 3.05) is 0 Å². The fourth-order valence-corrected chi connectivity index (χ4v) is 9.34. The van der Waals surface area contributed by atoms with Crippen molar-refractivity contribution in [2.45, 2.75) is 109 Å². The monoisotopic (exact) mass is 844 g/mol. The van der Waals surface area contributed by atoms with E-state index >= 15 is 0 Å². The first-order valence-electron chi connectivity index (χ1n) is 22.2. The van der Waals surface area contributed by atoms with E-state index in [9.17, 15) is 19.5 Å². The normalized spacial score (nSPS) is 20.3. The fraction of sp³-hybridized carbons (Fsp3) is 0.327. The summed E-state index contributed by atoms with van der Waals surface area (Å²) in [6, 6.07) is 42.5. The van der Waals surface area contributed by atoms with E-state index in [1.807, 2.05) is 45.0 Å². The molecule has 0 spiro atoms. The minimum absolute atomic E-state index is 0.0877. The summed E-state index contributed by atoms with van der Waals surface area (Å²) in [6.45, 7) is 5.29. The molecule has 2 bridgehead atoms. The first kappa shape index (κ1) is 43.4. The van der Waals surface area contributed by atoms with E-state index in [0.717, 1.165) is 47.9 Å². The Morgan fingerprint density at radius 1 is 0.714 bits per heavy atom. The number of carbonyl (C=O) groups is 2. The van der Waals surface area contributed by atoms with E-state index in [1.165, 1.54) is 22.8 Å².